The summed E-state index contributed by atoms with van der Waals surface area (Å²) < 4.78 is 5.14. The summed E-state index contributed by atoms with van der Waals surface area (Å²) in [6.45, 7) is 4.13. The number of H-pyrrole nitrogens is 1. The van der Waals surface area contributed by atoms with E-state index in [-0.39, 0.29) is 24.0 Å². The maximum absolute atomic E-state index is 5.14. The number of nitrogens with zero attached hydrogens (tertiary/aromatic N) is 2. The molecule has 0 aliphatic rings. The number of aliphatic imine (C=N–C) groups is 1. The molecule has 0 spiro atoms. The Hall–Kier alpha value is -1.77. The third kappa shape index (κ3) is 5.92. The van der Waals surface area contributed by atoms with E-state index in [2.05, 4.69) is 25.8 Å². The Morgan fingerprint density at radius 1 is 1.23 bits per heavy atom. The van der Waals surface area contributed by atoms with Crippen LogP contribution in [0.4, 0.5) is 0 Å². The maximum atomic E-state index is 5.14. The number of halogens is 1. The zero-order valence-electron chi connectivity index (χ0n) is 12.8. The predicted octanol–water partition coefficient (Wildman–Crippen LogP) is 2.29. The number of guanidine groups is 1. The second-order valence-electron chi connectivity index (χ2n) is 4.48. The molecule has 0 fully saturated rings. The van der Waals surface area contributed by atoms with Crippen molar-refractivity contribution in [2.45, 2.75) is 20.0 Å². The van der Waals surface area contributed by atoms with Gasteiger partial charge in [0, 0.05) is 12.7 Å². The van der Waals surface area contributed by atoms with Crippen LogP contribution in [0.5, 0.6) is 5.75 Å². The lowest BCUT2D eigenvalue weighted by Crippen LogP contribution is -2.36. The van der Waals surface area contributed by atoms with Crippen LogP contribution in [0, 0.1) is 0 Å². The second-order valence-corrected chi connectivity index (χ2v) is 4.48. The van der Waals surface area contributed by atoms with Crippen LogP contribution in [-0.4, -0.2) is 29.8 Å². The molecular weight excluding hydrogens is 393 g/mol. The molecule has 1 aromatic heterocycles. The van der Waals surface area contributed by atoms with Gasteiger partial charge < -0.3 is 15.4 Å². The van der Waals surface area contributed by atoms with Gasteiger partial charge in [0.05, 0.1) is 25.9 Å². The van der Waals surface area contributed by atoms with E-state index in [1.165, 1.54) is 0 Å². The van der Waals surface area contributed by atoms with Crippen molar-refractivity contribution in [3.8, 4) is 5.75 Å². The summed E-state index contributed by atoms with van der Waals surface area (Å²) in [6, 6.07) is 9.84. The molecule has 2 rings (SSSR count). The fourth-order valence-electron chi connectivity index (χ4n) is 1.81. The van der Waals surface area contributed by atoms with Gasteiger partial charge in [-0.05, 0) is 30.7 Å². The first-order valence-electron chi connectivity index (χ1n) is 6.95. The molecule has 0 unspecified atom stereocenters. The van der Waals surface area contributed by atoms with E-state index in [1.54, 1.807) is 13.3 Å². The molecule has 120 valence electrons. The van der Waals surface area contributed by atoms with Gasteiger partial charge in [-0.3, -0.25) is 5.10 Å². The van der Waals surface area contributed by atoms with Crippen molar-refractivity contribution in [2.75, 3.05) is 13.7 Å². The van der Waals surface area contributed by atoms with Gasteiger partial charge in [-0.25, -0.2) is 4.99 Å². The molecule has 0 saturated heterocycles. The lowest BCUT2D eigenvalue weighted by molar-refractivity contribution is 0.414. The third-order valence-electron chi connectivity index (χ3n) is 2.93. The van der Waals surface area contributed by atoms with Crippen molar-refractivity contribution in [1.29, 1.82) is 0 Å². The van der Waals surface area contributed by atoms with E-state index in [1.807, 2.05) is 37.3 Å². The number of aromatic amines is 1. The van der Waals surface area contributed by atoms with Gasteiger partial charge in [0.1, 0.15) is 5.75 Å². The molecule has 3 N–H and O–H groups in total. The van der Waals surface area contributed by atoms with Crippen molar-refractivity contribution >= 4 is 29.9 Å². The first-order chi connectivity index (χ1) is 10.3. The molecule has 1 aromatic carbocycles. The molecular formula is C15H22IN5O. The minimum absolute atomic E-state index is 0. The summed E-state index contributed by atoms with van der Waals surface area (Å²) in [7, 11) is 1.66. The Morgan fingerprint density at radius 3 is 2.59 bits per heavy atom. The van der Waals surface area contributed by atoms with E-state index in [9.17, 15) is 0 Å². The summed E-state index contributed by atoms with van der Waals surface area (Å²) in [5.74, 6) is 1.63. The number of aromatic nitrogens is 2. The minimum Gasteiger partial charge on any atom is -0.497 e. The average molecular weight is 415 g/mol. The van der Waals surface area contributed by atoms with Crippen LogP contribution >= 0.6 is 24.0 Å². The van der Waals surface area contributed by atoms with Gasteiger partial charge in [-0.1, -0.05) is 12.1 Å². The van der Waals surface area contributed by atoms with Crippen molar-refractivity contribution in [3.63, 3.8) is 0 Å². The molecule has 0 aliphatic carbocycles. The number of benzene rings is 1. The first kappa shape index (κ1) is 18.3. The van der Waals surface area contributed by atoms with Crippen molar-refractivity contribution in [3.05, 3.63) is 47.8 Å². The molecule has 1 heterocycles. The number of ether oxygens (including phenoxy) is 1. The van der Waals surface area contributed by atoms with Crippen molar-refractivity contribution in [1.82, 2.24) is 20.8 Å². The topological polar surface area (TPSA) is 74.3 Å². The summed E-state index contributed by atoms with van der Waals surface area (Å²) >= 11 is 0. The van der Waals surface area contributed by atoms with E-state index < -0.39 is 0 Å². The monoisotopic (exact) mass is 415 g/mol. The molecule has 0 amide bonds. The Labute approximate surface area is 147 Å². The highest BCUT2D eigenvalue weighted by Gasteiger charge is 1.99. The standard InChI is InChI=1S/C15H21N5O.HI/c1-3-16-15(18-11-13-8-9-19-20-13)17-10-12-4-6-14(21-2)7-5-12;/h4-9H,3,10-11H2,1-2H3,(H,19,20)(H2,16,17,18);1H. The van der Waals surface area contributed by atoms with E-state index in [0.29, 0.717) is 13.1 Å². The summed E-state index contributed by atoms with van der Waals surface area (Å²) in [5.41, 5.74) is 2.15. The fraction of sp³-hybridized carbons (Fsp3) is 0.333. The summed E-state index contributed by atoms with van der Waals surface area (Å²) in [4.78, 5) is 4.56. The molecule has 6 nitrogen and oxygen atoms in total. The van der Waals surface area contributed by atoms with Gasteiger partial charge in [-0.2, -0.15) is 5.10 Å². The normalized spacial score (nSPS) is 10.7. The maximum Gasteiger partial charge on any atom is 0.191 e. The fourth-order valence-corrected chi connectivity index (χ4v) is 1.81. The number of nitrogens with one attached hydrogen (secondary N) is 3. The van der Waals surface area contributed by atoms with Gasteiger partial charge in [0.15, 0.2) is 5.96 Å². The Kier molecular flexibility index (Phi) is 8.34. The minimum atomic E-state index is 0. The SMILES string of the molecule is CCNC(=NCc1ccc(OC)cc1)NCc1ccn[nH]1.I. The number of hydrogen-bond donors (Lipinski definition) is 3. The number of hydrogen-bond acceptors (Lipinski definition) is 3. The predicted molar refractivity (Wildman–Crippen MR) is 98.7 cm³/mol. The van der Waals surface area contributed by atoms with E-state index in [0.717, 1.165) is 29.5 Å². The van der Waals surface area contributed by atoms with Crippen LogP contribution in [0.25, 0.3) is 0 Å². The zero-order valence-corrected chi connectivity index (χ0v) is 15.1. The third-order valence-corrected chi connectivity index (χ3v) is 2.93. The van der Waals surface area contributed by atoms with E-state index in [4.69, 9.17) is 4.74 Å². The zero-order chi connectivity index (χ0) is 14.9. The Bertz CT molecular complexity index is 554. The number of rotatable bonds is 6. The summed E-state index contributed by atoms with van der Waals surface area (Å²) in [5, 5.41) is 13.3. The van der Waals surface area contributed by atoms with Crippen LogP contribution in [0.2, 0.25) is 0 Å². The first-order valence-corrected chi connectivity index (χ1v) is 6.95. The molecule has 22 heavy (non-hydrogen) atoms. The van der Waals surface area contributed by atoms with E-state index >= 15 is 0 Å². The molecule has 0 saturated carbocycles. The van der Waals surface area contributed by atoms with Crippen LogP contribution < -0.4 is 15.4 Å². The van der Waals surface area contributed by atoms with Crippen LogP contribution in [0.3, 0.4) is 0 Å². The van der Waals surface area contributed by atoms with Gasteiger partial charge in [-0.15, -0.1) is 24.0 Å². The molecule has 0 aliphatic heterocycles. The van der Waals surface area contributed by atoms with Crippen LogP contribution in [-0.2, 0) is 13.1 Å². The Morgan fingerprint density at radius 2 is 2.00 bits per heavy atom. The molecule has 7 heteroatoms. The average Bonchev–Trinajstić information content (AvgIpc) is 3.04. The summed E-state index contributed by atoms with van der Waals surface area (Å²) in [6.07, 6.45) is 1.73. The highest BCUT2D eigenvalue weighted by atomic mass is 127. The van der Waals surface area contributed by atoms with Crippen molar-refractivity contribution < 1.29 is 4.74 Å². The van der Waals surface area contributed by atoms with Crippen LogP contribution in [0.15, 0.2) is 41.5 Å². The van der Waals surface area contributed by atoms with Gasteiger partial charge in [0.2, 0.25) is 0 Å². The highest BCUT2D eigenvalue weighted by Crippen LogP contribution is 2.11. The number of methoxy groups -OCH3 is 1. The lowest BCUT2D eigenvalue weighted by Gasteiger charge is -2.10. The molecule has 0 atom stereocenters. The second kappa shape index (κ2) is 10.0. The molecule has 2 aromatic rings. The highest BCUT2D eigenvalue weighted by molar-refractivity contribution is 14.0. The van der Waals surface area contributed by atoms with Crippen molar-refractivity contribution in [2.24, 2.45) is 4.99 Å². The molecule has 0 radical (unpaired) electrons. The smallest absolute Gasteiger partial charge is 0.191 e. The lowest BCUT2D eigenvalue weighted by atomic mass is 10.2. The Balaban J connectivity index is 0.00000242. The quantitative estimate of drug-likeness (QED) is 0.385. The largest absolute Gasteiger partial charge is 0.497 e. The molecule has 0 bridgehead atoms. The van der Waals surface area contributed by atoms with Crippen LogP contribution in [0.1, 0.15) is 18.2 Å². The van der Waals surface area contributed by atoms with Gasteiger partial charge in [0.25, 0.3) is 0 Å². The van der Waals surface area contributed by atoms with Gasteiger partial charge >= 0.3 is 0 Å².